The summed E-state index contributed by atoms with van der Waals surface area (Å²) < 4.78 is 0. The quantitative estimate of drug-likeness (QED) is 0.266. The number of carbonyl (C=O) groups excluding carboxylic acids is 4. The van der Waals surface area contributed by atoms with E-state index in [1.807, 2.05) is 0 Å². The number of hydrogen-bond acceptors (Lipinski definition) is 4. The van der Waals surface area contributed by atoms with Crippen LogP contribution in [0.15, 0.2) is 24.3 Å². The van der Waals surface area contributed by atoms with Crippen LogP contribution in [0.4, 0.5) is 0 Å². The molecule has 0 radical (unpaired) electrons. The third kappa shape index (κ3) is 3.57. The van der Waals surface area contributed by atoms with Gasteiger partial charge in [0.1, 0.15) is 0 Å². The maximum Gasteiger partial charge on any atom is 0.296 e. The fourth-order valence-corrected chi connectivity index (χ4v) is 3.02. The number of hydrogen-bond donors (Lipinski definition) is 0. The number of piperidine rings is 1. The average Bonchev–Trinajstić information content (AvgIpc) is 2.54. The standard InChI is InChI=1S/C15H12Cl3NO4/c16-12(21)10-5-3-9(4-6-10)11(20)13(22)19-8-2-1-7-15(19,18)14(17)23/h3-6H,1-2,7-8H2. The van der Waals surface area contributed by atoms with E-state index in [4.69, 9.17) is 34.8 Å². The summed E-state index contributed by atoms with van der Waals surface area (Å²) in [6, 6.07) is 5.32. The molecule has 1 atom stereocenters. The van der Waals surface area contributed by atoms with Crippen molar-refractivity contribution in [2.24, 2.45) is 0 Å². The minimum Gasteiger partial charge on any atom is -0.309 e. The molecule has 1 amide bonds. The fourth-order valence-electron chi connectivity index (χ4n) is 2.41. The van der Waals surface area contributed by atoms with Gasteiger partial charge in [-0.05, 0) is 54.6 Å². The first-order valence-electron chi connectivity index (χ1n) is 6.82. The van der Waals surface area contributed by atoms with Crippen LogP contribution in [0.25, 0.3) is 0 Å². The Morgan fingerprint density at radius 3 is 2.04 bits per heavy atom. The number of likely N-dealkylation sites (tertiary alicyclic amines) is 1. The lowest BCUT2D eigenvalue weighted by molar-refractivity contribution is -0.137. The highest BCUT2D eigenvalue weighted by Crippen LogP contribution is 2.34. The van der Waals surface area contributed by atoms with Crippen LogP contribution in [0.5, 0.6) is 0 Å². The Morgan fingerprint density at radius 2 is 1.52 bits per heavy atom. The maximum absolute atomic E-state index is 12.4. The summed E-state index contributed by atoms with van der Waals surface area (Å²) in [5, 5.41) is -1.55. The number of alkyl halides is 1. The van der Waals surface area contributed by atoms with Crippen molar-refractivity contribution in [3.63, 3.8) is 0 Å². The number of benzene rings is 1. The zero-order chi connectivity index (χ0) is 17.2. The molecule has 5 nitrogen and oxygen atoms in total. The number of Topliss-reactive ketones (excluding diaryl/α,β-unsaturated/α-hetero) is 1. The SMILES string of the molecule is O=C(Cl)c1ccc(C(=O)C(=O)N2CCCCC2(Cl)C(=O)Cl)cc1. The molecule has 1 aromatic carbocycles. The van der Waals surface area contributed by atoms with Gasteiger partial charge < -0.3 is 4.90 Å². The Bertz CT molecular complexity index is 674. The molecule has 122 valence electrons. The third-order valence-corrected chi connectivity index (χ3v) is 4.87. The molecule has 1 aliphatic rings. The number of amides is 1. The summed E-state index contributed by atoms with van der Waals surface area (Å²) in [6.07, 6.45) is 1.44. The molecule has 0 bridgehead atoms. The van der Waals surface area contributed by atoms with Gasteiger partial charge in [0.15, 0.2) is 5.00 Å². The van der Waals surface area contributed by atoms with Gasteiger partial charge in [-0.2, -0.15) is 0 Å². The van der Waals surface area contributed by atoms with Crippen LogP contribution < -0.4 is 0 Å². The van der Waals surface area contributed by atoms with Crippen molar-refractivity contribution in [2.45, 2.75) is 24.3 Å². The average molecular weight is 377 g/mol. The lowest BCUT2D eigenvalue weighted by Crippen LogP contribution is -2.56. The molecule has 1 saturated heterocycles. The number of ketones is 1. The first-order chi connectivity index (χ1) is 10.8. The van der Waals surface area contributed by atoms with E-state index in [1.54, 1.807) is 0 Å². The first-order valence-corrected chi connectivity index (χ1v) is 7.96. The van der Waals surface area contributed by atoms with Crippen LogP contribution in [-0.4, -0.2) is 38.6 Å². The van der Waals surface area contributed by atoms with Crippen molar-refractivity contribution >= 4 is 57.0 Å². The monoisotopic (exact) mass is 375 g/mol. The van der Waals surface area contributed by atoms with Crippen LogP contribution in [-0.2, 0) is 9.59 Å². The van der Waals surface area contributed by atoms with Gasteiger partial charge in [0.25, 0.3) is 16.4 Å². The van der Waals surface area contributed by atoms with E-state index in [0.717, 1.165) is 4.90 Å². The molecule has 2 rings (SSSR count). The van der Waals surface area contributed by atoms with Crippen LogP contribution in [0.2, 0.25) is 0 Å². The van der Waals surface area contributed by atoms with Crippen molar-refractivity contribution in [1.82, 2.24) is 4.90 Å². The lowest BCUT2D eigenvalue weighted by Gasteiger charge is -2.39. The summed E-state index contributed by atoms with van der Waals surface area (Å²) in [4.78, 5) is 46.6. The predicted octanol–water partition coefficient (Wildman–Crippen LogP) is 2.96. The van der Waals surface area contributed by atoms with E-state index in [-0.39, 0.29) is 24.1 Å². The molecule has 1 aromatic rings. The van der Waals surface area contributed by atoms with Crippen molar-refractivity contribution in [1.29, 1.82) is 0 Å². The van der Waals surface area contributed by atoms with Crippen molar-refractivity contribution in [3.05, 3.63) is 35.4 Å². The summed E-state index contributed by atoms with van der Waals surface area (Å²) in [5.74, 6) is -1.73. The van der Waals surface area contributed by atoms with Crippen LogP contribution in [0, 0.1) is 0 Å². The highest BCUT2D eigenvalue weighted by molar-refractivity contribution is 6.71. The molecular formula is C15H12Cl3NO4. The second kappa shape index (κ2) is 6.99. The molecule has 1 fully saturated rings. The van der Waals surface area contributed by atoms with Gasteiger partial charge in [-0.3, -0.25) is 19.2 Å². The van der Waals surface area contributed by atoms with Gasteiger partial charge in [0.2, 0.25) is 5.78 Å². The van der Waals surface area contributed by atoms with Gasteiger partial charge in [-0.25, -0.2) is 0 Å². The lowest BCUT2D eigenvalue weighted by atomic mass is 10.00. The van der Waals surface area contributed by atoms with Gasteiger partial charge in [-0.15, -0.1) is 0 Å². The van der Waals surface area contributed by atoms with E-state index in [9.17, 15) is 19.2 Å². The second-order valence-corrected chi connectivity index (χ2v) is 6.44. The molecule has 0 aromatic heterocycles. The normalized spacial score (nSPS) is 20.9. The Labute approximate surface area is 147 Å². The molecule has 1 unspecified atom stereocenters. The molecule has 1 heterocycles. The largest absolute Gasteiger partial charge is 0.309 e. The predicted molar refractivity (Wildman–Crippen MR) is 86.0 cm³/mol. The molecule has 0 saturated carbocycles. The number of halogens is 3. The van der Waals surface area contributed by atoms with E-state index in [2.05, 4.69) is 0 Å². The zero-order valence-electron chi connectivity index (χ0n) is 11.9. The van der Waals surface area contributed by atoms with E-state index in [1.165, 1.54) is 24.3 Å². The second-order valence-electron chi connectivity index (χ2n) is 5.13. The molecule has 0 aliphatic carbocycles. The van der Waals surface area contributed by atoms with Crippen molar-refractivity contribution in [3.8, 4) is 0 Å². The minimum absolute atomic E-state index is 0.0725. The number of nitrogens with zero attached hydrogens (tertiary/aromatic N) is 1. The molecule has 8 heteroatoms. The molecule has 0 N–H and O–H groups in total. The summed E-state index contributed by atoms with van der Waals surface area (Å²) in [7, 11) is 0. The molecular weight excluding hydrogens is 365 g/mol. The number of carbonyl (C=O) groups is 4. The Morgan fingerprint density at radius 1 is 0.957 bits per heavy atom. The Kier molecular flexibility index (Phi) is 5.45. The van der Waals surface area contributed by atoms with Crippen LogP contribution in [0.1, 0.15) is 40.0 Å². The minimum atomic E-state index is -1.70. The van der Waals surface area contributed by atoms with Crippen LogP contribution in [0.3, 0.4) is 0 Å². The van der Waals surface area contributed by atoms with E-state index >= 15 is 0 Å². The van der Waals surface area contributed by atoms with Gasteiger partial charge in [0.05, 0.1) is 0 Å². The molecule has 23 heavy (non-hydrogen) atoms. The molecule has 0 spiro atoms. The van der Waals surface area contributed by atoms with E-state index in [0.29, 0.717) is 12.8 Å². The van der Waals surface area contributed by atoms with E-state index < -0.39 is 27.2 Å². The number of rotatable bonds is 4. The third-order valence-electron chi connectivity index (χ3n) is 3.68. The summed E-state index contributed by atoms with van der Waals surface area (Å²) in [6.45, 7) is 0.171. The Hall–Kier alpha value is -1.43. The summed E-state index contributed by atoms with van der Waals surface area (Å²) in [5.41, 5.74) is 0.277. The molecule has 1 aliphatic heterocycles. The Balaban J connectivity index is 2.26. The topological polar surface area (TPSA) is 71.5 Å². The highest BCUT2D eigenvalue weighted by Gasteiger charge is 2.47. The van der Waals surface area contributed by atoms with Gasteiger partial charge in [-0.1, -0.05) is 23.7 Å². The highest BCUT2D eigenvalue weighted by atomic mass is 35.5. The first kappa shape index (κ1) is 17.9. The fraction of sp³-hybridized carbons (Fsp3) is 0.333. The smallest absolute Gasteiger partial charge is 0.296 e. The van der Waals surface area contributed by atoms with Crippen LogP contribution >= 0.6 is 34.8 Å². The summed E-state index contributed by atoms with van der Waals surface area (Å²) >= 11 is 17.0. The van der Waals surface area contributed by atoms with Gasteiger partial charge in [0, 0.05) is 17.7 Å². The maximum atomic E-state index is 12.4. The van der Waals surface area contributed by atoms with Crippen molar-refractivity contribution in [2.75, 3.05) is 6.54 Å². The zero-order valence-corrected chi connectivity index (χ0v) is 14.1. The van der Waals surface area contributed by atoms with Crippen molar-refractivity contribution < 1.29 is 19.2 Å². The van der Waals surface area contributed by atoms with Gasteiger partial charge >= 0.3 is 0 Å².